The summed E-state index contributed by atoms with van der Waals surface area (Å²) in [6.45, 7) is 2.50. The average molecular weight is 539 g/mol. The number of hydrogen-bond donors (Lipinski definition) is 3. The number of unbranched alkanes of at least 4 members (excludes halogenated alkanes) is 1. The zero-order chi connectivity index (χ0) is 27.9. The van der Waals surface area contributed by atoms with Crippen LogP contribution in [0.15, 0.2) is 23.0 Å². The summed E-state index contributed by atoms with van der Waals surface area (Å²) in [5.41, 5.74) is 1.15. The summed E-state index contributed by atoms with van der Waals surface area (Å²) >= 11 is 0. The summed E-state index contributed by atoms with van der Waals surface area (Å²) < 4.78 is 44.7. The number of anilines is 1. The van der Waals surface area contributed by atoms with E-state index < -0.39 is 36.2 Å². The second kappa shape index (κ2) is 12.9. The summed E-state index contributed by atoms with van der Waals surface area (Å²) in [6, 6.07) is 3.76. The van der Waals surface area contributed by atoms with Crippen molar-refractivity contribution in [3.8, 4) is 0 Å². The number of alkyl halides is 3. The molecule has 0 fully saturated rings. The van der Waals surface area contributed by atoms with E-state index in [1.165, 1.54) is 19.4 Å². The fraction of sp³-hybridized carbons (Fsp3) is 0.538. The van der Waals surface area contributed by atoms with Crippen LogP contribution in [-0.2, 0) is 28.9 Å². The molecule has 1 aliphatic rings. The summed E-state index contributed by atoms with van der Waals surface area (Å²) in [4.78, 5) is 41.2. The molecule has 208 valence electrons. The number of carboxylic acid groups (broad SMARTS) is 1. The molecule has 0 aliphatic carbocycles. The van der Waals surface area contributed by atoms with E-state index in [0.29, 0.717) is 11.2 Å². The fourth-order valence-corrected chi connectivity index (χ4v) is 4.45. The molecule has 0 saturated carbocycles. The average Bonchev–Trinajstić information content (AvgIpc) is 2.84. The molecule has 3 N–H and O–H groups in total. The van der Waals surface area contributed by atoms with Crippen molar-refractivity contribution in [2.75, 3.05) is 25.1 Å². The number of aryl methyl sites for hydroxylation is 3. The number of nitrogens with zero attached hydrogens (tertiary/aromatic N) is 2. The number of carbonyl (C=O) groups is 2. The number of hydrogen-bond acceptors (Lipinski definition) is 6. The molecule has 1 amide bonds. The molecule has 0 aromatic carbocycles. The van der Waals surface area contributed by atoms with E-state index in [4.69, 9.17) is 4.74 Å². The summed E-state index contributed by atoms with van der Waals surface area (Å²) in [5, 5.41) is 15.2. The van der Waals surface area contributed by atoms with Gasteiger partial charge in [-0.2, -0.15) is 13.2 Å². The van der Waals surface area contributed by atoms with Crippen LogP contribution in [0.5, 0.6) is 0 Å². The number of fused-ring (bicyclic) bond motifs is 1. The van der Waals surface area contributed by atoms with E-state index in [2.05, 4.69) is 21.7 Å². The Balaban J connectivity index is 1.47. The van der Waals surface area contributed by atoms with Crippen molar-refractivity contribution in [2.45, 2.75) is 71.1 Å². The Hall–Kier alpha value is -3.41. The molecule has 2 aromatic heterocycles. The zero-order valence-electron chi connectivity index (χ0n) is 21.5. The smallest absolute Gasteiger partial charge is 0.406 e. The number of halogens is 3. The molecular weight excluding hydrogens is 505 g/mol. The Morgan fingerprint density at radius 1 is 1.24 bits per heavy atom. The first-order chi connectivity index (χ1) is 18.0. The lowest BCUT2D eigenvalue weighted by atomic mass is 10.1. The molecule has 0 bridgehead atoms. The van der Waals surface area contributed by atoms with Crippen LogP contribution in [0, 0.1) is 13.8 Å². The lowest BCUT2D eigenvalue weighted by Gasteiger charge is -2.19. The first-order valence-corrected chi connectivity index (χ1v) is 12.6. The molecule has 3 rings (SSSR count). The third kappa shape index (κ3) is 8.04. The third-order valence-corrected chi connectivity index (χ3v) is 6.41. The van der Waals surface area contributed by atoms with Crippen LogP contribution in [0.2, 0.25) is 0 Å². The quantitative estimate of drug-likeness (QED) is 0.354. The van der Waals surface area contributed by atoms with Crippen molar-refractivity contribution >= 4 is 17.7 Å². The Bertz CT molecular complexity index is 1210. The first-order valence-electron chi connectivity index (χ1n) is 12.6. The second-order valence-electron chi connectivity index (χ2n) is 9.39. The van der Waals surface area contributed by atoms with Crippen molar-refractivity contribution < 1.29 is 32.6 Å². The Morgan fingerprint density at radius 3 is 2.71 bits per heavy atom. The molecule has 38 heavy (non-hydrogen) atoms. The number of amides is 1. The van der Waals surface area contributed by atoms with Gasteiger partial charge < -0.3 is 25.0 Å². The lowest BCUT2D eigenvalue weighted by Crippen LogP contribution is -2.43. The molecule has 12 heteroatoms. The normalized spacial score (nSPS) is 13.9. The van der Waals surface area contributed by atoms with Crippen LogP contribution in [-0.4, -0.2) is 58.5 Å². The van der Waals surface area contributed by atoms with Crippen LogP contribution < -0.4 is 16.2 Å². The highest BCUT2D eigenvalue weighted by Crippen LogP contribution is 2.21. The fourth-order valence-electron chi connectivity index (χ4n) is 4.45. The second-order valence-corrected chi connectivity index (χ2v) is 9.39. The monoisotopic (exact) mass is 538 g/mol. The van der Waals surface area contributed by atoms with Crippen molar-refractivity contribution in [3.05, 3.63) is 56.6 Å². The minimum absolute atomic E-state index is 0.0284. The predicted octanol–water partition coefficient (Wildman–Crippen LogP) is 3.39. The predicted molar refractivity (Wildman–Crippen MR) is 135 cm³/mol. The number of nitrogens with one attached hydrogen (secondary N) is 2. The van der Waals surface area contributed by atoms with E-state index in [9.17, 15) is 32.7 Å². The molecule has 2 aromatic rings. The maximum absolute atomic E-state index is 12.9. The third-order valence-electron chi connectivity index (χ3n) is 6.41. The van der Waals surface area contributed by atoms with Crippen molar-refractivity contribution in [3.63, 3.8) is 0 Å². The SMILES string of the molecule is Cc1cc(=O)n(CC(F)(F)F)c(C)c1C(=O)NC(CCOCCCCc1ccc2c(n1)NCCC2)C(=O)O. The van der Waals surface area contributed by atoms with Crippen LogP contribution >= 0.6 is 0 Å². The van der Waals surface area contributed by atoms with E-state index in [0.717, 1.165) is 56.2 Å². The largest absolute Gasteiger partial charge is 0.480 e. The van der Waals surface area contributed by atoms with Gasteiger partial charge in [0.1, 0.15) is 18.4 Å². The van der Waals surface area contributed by atoms with Gasteiger partial charge in [-0.3, -0.25) is 9.59 Å². The minimum atomic E-state index is -4.66. The maximum Gasteiger partial charge on any atom is 0.406 e. The highest BCUT2D eigenvalue weighted by Gasteiger charge is 2.31. The molecule has 1 unspecified atom stereocenters. The topological polar surface area (TPSA) is 123 Å². The van der Waals surface area contributed by atoms with Gasteiger partial charge in [-0.1, -0.05) is 6.07 Å². The standard InChI is InChI=1S/C26H33F3N4O5/c1-16-14-21(34)33(15-26(27,28)29)17(2)22(16)24(35)32-20(25(36)37)10-13-38-12-4-3-7-19-9-8-18-6-5-11-30-23(18)31-19/h8-9,14,20H,3-7,10-13,15H2,1-2H3,(H,30,31)(H,32,35)(H,36,37). The van der Waals surface area contributed by atoms with Gasteiger partial charge in [0.2, 0.25) is 0 Å². The van der Waals surface area contributed by atoms with E-state index >= 15 is 0 Å². The van der Waals surface area contributed by atoms with Crippen molar-refractivity contribution in [2.24, 2.45) is 0 Å². The lowest BCUT2D eigenvalue weighted by molar-refractivity contribution is -0.141. The van der Waals surface area contributed by atoms with Gasteiger partial charge in [0.05, 0.1) is 5.56 Å². The van der Waals surface area contributed by atoms with E-state index in [1.807, 2.05) is 6.07 Å². The van der Waals surface area contributed by atoms with Crippen LogP contribution in [0.25, 0.3) is 0 Å². The minimum Gasteiger partial charge on any atom is -0.480 e. The number of carbonyl (C=O) groups excluding carboxylic acids is 1. The van der Waals surface area contributed by atoms with Crippen molar-refractivity contribution in [1.82, 2.24) is 14.9 Å². The molecule has 3 heterocycles. The van der Waals surface area contributed by atoms with Crippen LogP contribution in [0.3, 0.4) is 0 Å². The van der Waals surface area contributed by atoms with Crippen molar-refractivity contribution in [1.29, 1.82) is 0 Å². The summed E-state index contributed by atoms with van der Waals surface area (Å²) in [7, 11) is 0. The van der Waals surface area contributed by atoms with Crippen LogP contribution in [0.4, 0.5) is 19.0 Å². The number of ether oxygens (including phenoxy) is 1. The molecule has 0 spiro atoms. The number of pyridine rings is 2. The first kappa shape index (κ1) is 29.2. The maximum atomic E-state index is 12.9. The highest BCUT2D eigenvalue weighted by molar-refractivity contribution is 5.98. The summed E-state index contributed by atoms with van der Waals surface area (Å²) in [5.74, 6) is -1.21. The van der Waals surface area contributed by atoms with E-state index in [-0.39, 0.29) is 29.8 Å². The molecule has 0 saturated heterocycles. The summed E-state index contributed by atoms with van der Waals surface area (Å²) in [6.07, 6.45) is -0.168. The van der Waals surface area contributed by atoms with Gasteiger partial charge in [0.15, 0.2) is 0 Å². The number of aromatic nitrogens is 2. The Labute approximate surface area is 218 Å². The molecular formula is C26H33F3N4O5. The molecule has 0 radical (unpaired) electrons. The van der Waals surface area contributed by atoms with Gasteiger partial charge in [-0.05, 0) is 63.1 Å². The number of aliphatic carboxylic acids is 1. The zero-order valence-corrected chi connectivity index (χ0v) is 21.5. The highest BCUT2D eigenvalue weighted by atomic mass is 19.4. The van der Waals surface area contributed by atoms with Crippen LogP contribution in [0.1, 0.15) is 58.6 Å². The van der Waals surface area contributed by atoms with Gasteiger partial charge in [-0.25, -0.2) is 9.78 Å². The number of rotatable bonds is 12. The van der Waals surface area contributed by atoms with Gasteiger partial charge >= 0.3 is 12.1 Å². The van der Waals surface area contributed by atoms with Gasteiger partial charge in [0, 0.05) is 43.6 Å². The van der Waals surface area contributed by atoms with E-state index in [1.54, 1.807) is 0 Å². The molecule has 9 nitrogen and oxygen atoms in total. The number of carboxylic acids is 1. The Morgan fingerprint density at radius 2 is 2.00 bits per heavy atom. The van der Waals surface area contributed by atoms with Gasteiger partial charge in [0.25, 0.3) is 11.5 Å². The van der Waals surface area contributed by atoms with Gasteiger partial charge in [-0.15, -0.1) is 0 Å². The molecule has 1 atom stereocenters. The molecule has 1 aliphatic heterocycles. The Kier molecular flexibility index (Phi) is 9.90.